The Hall–Kier alpha value is -2.42. The van der Waals surface area contributed by atoms with Crippen LogP contribution in [0.1, 0.15) is 21.9 Å². The van der Waals surface area contributed by atoms with Gasteiger partial charge in [0.05, 0.1) is 16.5 Å². The van der Waals surface area contributed by atoms with E-state index in [2.05, 4.69) is 4.98 Å². The van der Waals surface area contributed by atoms with Gasteiger partial charge in [-0.2, -0.15) is 0 Å². The van der Waals surface area contributed by atoms with Crippen molar-refractivity contribution < 1.29 is 17.6 Å². The summed E-state index contributed by atoms with van der Waals surface area (Å²) >= 11 is 11.8. The summed E-state index contributed by atoms with van der Waals surface area (Å²) in [6, 6.07) is 9.99. The zero-order chi connectivity index (χ0) is 20.5. The molecule has 1 amide bonds. The minimum atomic E-state index is -4.02. The molecule has 0 aliphatic rings. The number of imidazole rings is 1. The monoisotopic (exact) mass is 441 g/mol. The highest BCUT2D eigenvalue weighted by molar-refractivity contribution is 7.90. The van der Waals surface area contributed by atoms with E-state index in [4.69, 9.17) is 23.2 Å². The molecule has 10 heteroatoms. The van der Waals surface area contributed by atoms with Gasteiger partial charge in [-0.1, -0.05) is 41.4 Å². The number of sulfonamides is 1. The molecule has 0 unspecified atom stereocenters. The lowest BCUT2D eigenvalue weighted by Gasteiger charge is -2.08. The van der Waals surface area contributed by atoms with Gasteiger partial charge in [-0.3, -0.25) is 4.79 Å². The van der Waals surface area contributed by atoms with Gasteiger partial charge >= 0.3 is 0 Å². The Morgan fingerprint density at radius 3 is 2.54 bits per heavy atom. The average Bonchev–Trinajstić information content (AvgIpc) is 3.01. The van der Waals surface area contributed by atoms with Crippen molar-refractivity contribution in [3.63, 3.8) is 0 Å². The number of amides is 1. The number of aromatic nitrogens is 2. The highest BCUT2D eigenvalue weighted by atomic mass is 35.5. The van der Waals surface area contributed by atoms with Gasteiger partial charge in [0.25, 0.3) is 15.9 Å². The minimum absolute atomic E-state index is 0.0390. The number of aryl methyl sites for hydroxylation is 1. The fourth-order valence-electron chi connectivity index (χ4n) is 2.48. The minimum Gasteiger partial charge on any atom is -0.330 e. The number of carbonyl (C=O) groups is 1. The number of halogens is 3. The lowest BCUT2D eigenvalue weighted by atomic mass is 10.2. The molecule has 1 N–H and O–H groups in total. The summed E-state index contributed by atoms with van der Waals surface area (Å²) in [5, 5.41) is 0.166. The Kier molecular flexibility index (Phi) is 5.74. The molecule has 146 valence electrons. The van der Waals surface area contributed by atoms with E-state index >= 15 is 0 Å². The Labute approximate surface area is 171 Å². The van der Waals surface area contributed by atoms with Gasteiger partial charge in [-0.25, -0.2) is 22.5 Å². The fourth-order valence-corrected chi connectivity index (χ4v) is 3.90. The number of carbonyl (C=O) groups excluding carboxylic acids is 1. The van der Waals surface area contributed by atoms with E-state index in [1.165, 1.54) is 30.5 Å². The van der Waals surface area contributed by atoms with Crippen LogP contribution in [-0.4, -0.2) is 23.9 Å². The van der Waals surface area contributed by atoms with Gasteiger partial charge in [0.2, 0.25) is 0 Å². The van der Waals surface area contributed by atoms with Gasteiger partial charge in [0.1, 0.15) is 17.3 Å². The van der Waals surface area contributed by atoms with Crippen LogP contribution in [0.3, 0.4) is 0 Å². The summed E-state index contributed by atoms with van der Waals surface area (Å²) in [6.07, 6.45) is 1.37. The van der Waals surface area contributed by atoms with Crippen LogP contribution in [0.25, 0.3) is 0 Å². The Balaban J connectivity index is 1.82. The highest BCUT2D eigenvalue weighted by Gasteiger charge is 2.21. The molecule has 0 fully saturated rings. The lowest BCUT2D eigenvalue weighted by Crippen LogP contribution is -2.30. The first-order valence-electron chi connectivity index (χ1n) is 7.97. The predicted molar refractivity (Wildman–Crippen MR) is 104 cm³/mol. The summed E-state index contributed by atoms with van der Waals surface area (Å²) in [4.78, 5) is 16.4. The van der Waals surface area contributed by atoms with Crippen molar-refractivity contribution in [1.82, 2.24) is 14.3 Å². The fraction of sp³-hybridized carbons (Fsp3) is 0.111. The molecule has 1 aromatic heterocycles. The first-order valence-corrected chi connectivity index (χ1v) is 10.2. The second-order valence-electron chi connectivity index (χ2n) is 5.91. The van der Waals surface area contributed by atoms with Crippen molar-refractivity contribution in [3.05, 3.63) is 81.6 Å². The van der Waals surface area contributed by atoms with Crippen LogP contribution in [0, 0.1) is 12.7 Å². The molecule has 0 aliphatic heterocycles. The maximum atomic E-state index is 13.7. The molecule has 3 rings (SSSR count). The number of nitrogens with zero attached hydrogens (tertiary/aromatic N) is 2. The number of benzene rings is 2. The normalized spacial score (nSPS) is 11.4. The largest absolute Gasteiger partial charge is 0.330 e. The van der Waals surface area contributed by atoms with E-state index in [0.717, 1.165) is 0 Å². The van der Waals surface area contributed by atoms with Crippen LogP contribution in [-0.2, 0) is 16.6 Å². The van der Waals surface area contributed by atoms with Gasteiger partial charge < -0.3 is 4.57 Å². The molecule has 1 heterocycles. The smallest absolute Gasteiger partial charge is 0.285 e. The Bertz CT molecular complexity index is 1150. The first kappa shape index (κ1) is 20.3. The van der Waals surface area contributed by atoms with E-state index in [1.54, 1.807) is 29.7 Å². The molecular weight excluding hydrogens is 428 g/mol. The van der Waals surface area contributed by atoms with Crippen molar-refractivity contribution in [3.8, 4) is 0 Å². The molecule has 0 radical (unpaired) electrons. The van der Waals surface area contributed by atoms with Crippen LogP contribution < -0.4 is 4.72 Å². The Morgan fingerprint density at radius 1 is 1.18 bits per heavy atom. The summed E-state index contributed by atoms with van der Waals surface area (Å²) in [7, 11) is -4.02. The molecule has 0 atom stereocenters. The topological polar surface area (TPSA) is 81.1 Å². The van der Waals surface area contributed by atoms with Crippen LogP contribution >= 0.6 is 23.2 Å². The van der Waals surface area contributed by atoms with Crippen LogP contribution in [0.15, 0.2) is 53.6 Å². The van der Waals surface area contributed by atoms with Crippen molar-refractivity contribution >= 4 is 39.1 Å². The third kappa shape index (κ3) is 4.35. The third-order valence-electron chi connectivity index (χ3n) is 3.92. The van der Waals surface area contributed by atoms with Gasteiger partial charge in [0.15, 0.2) is 0 Å². The number of hydrogen-bond acceptors (Lipinski definition) is 4. The van der Waals surface area contributed by atoms with Gasteiger partial charge in [-0.15, -0.1) is 0 Å². The van der Waals surface area contributed by atoms with Crippen LogP contribution in [0.4, 0.5) is 4.39 Å². The van der Waals surface area contributed by atoms with Crippen molar-refractivity contribution in [2.75, 3.05) is 0 Å². The highest BCUT2D eigenvalue weighted by Crippen LogP contribution is 2.25. The molecule has 28 heavy (non-hydrogen) atoms. The third-order valence-corrected chi connectivity index (χ3v) is 5.91. The van der Waals surface area contributed by atoms with Crippen molar-refractivity contribution in [1.29, 1.82) is 0 Å². The zero-order valence-corrected chi connectivity index (χ0v) is 16.8. The van der Waals surface area contributed by atoms with Gasteiger partial charge in [-0.05, 0) is 36.8 Å². The average molecular weight is 442 g/mol. The second-order valence-corrected chi connectivity index (χ2v) is 8.40. The summed E-state index contributed by atoms with van der Waals surface area (Å²) < 4.78 is 41.8. The predicted octanol–water partition coefficient (Wildman–Crippen LogP) is 3.80. The molecule has 0 saturated carbocycles. The summed E-state index contributed by atoms with van der Waals surface area (Å²) in [5.41, 5.74) is 0.343. The van der Waals surface area contributed by atoms with Crippen molar-refractivity contribution in [2.24, 2.45) is 0 Å². The quantitative estimate of drug-likeness (QED) is 0.610. The lowest BCUT2D eigenvalue weighted by molar-refractivity contribution is 0.0977. The van der Waals surface area contributed by atoms with Crippen LogP contribution in [0.2, 0.25) is 10.0 Å². The van der Waals surface area contributed by atoms with Crippen molar-refractivity contribution in [2.45, 2.75) is 18.4 Å². The molecule has 0 bridgehead atoms. The van der Waals surface area contributed by atoms with Gasteiger partial charge in [0, 0.05) is 11.2 Å². The maximum Gasteiger partial charge on any atom is 0.285 e. The van der Waals surface area contributed by atoms with E-state index in [1.807, 2.05) is 4.72 Å². The molecule has 0 saturated heterocycles. The second kappa shape index (κ2) is 7.90. The number of hydrogen-bond donors (Lipinski definition) is 1. The molecule has 6 nitrogen and oxygen atoms in total. The van der Waals surface area contributed by atoms with E-state index in [0.29, 0.717) is 11.4 Å². The first-order chi connectivity index (χ1) is 13.2. The maximum absolute atomic E-state index is 13.7. The molecule has 3 aromatic rings. The van der Waals surface area contributed by atoms with Crippen LogP contribution in [0.5, 0.6) is 0 Å². The molecule has 2 aromatic carbocycles. The zero-order valence-electron chi connectivity index (χ0n) is 14.5. The number of rotatable bonds is 5. The summed E-state index contributed by atoms with van der Waals surface area (Å²) in [6.45, 7) is 1.76. The SMILES string of the molecule is Cc1nc(C(=O)NS(=O)(=O)c2ccccc2)cn1Cc1cc(F)c(Cl)cc1Cl. The van der Waals surface area contributed by atoms with E-state index in [9.17, 15) is 17.6 Å². The molecular formula is C18H14Cl2FN3O3S. The standard InChI is InChI=1S/C18H14Cl2FN3O3S/c1-11-22-17(18(25)23-28(26,27)13-5-3-2-4-6-13)10-24(11)9-12-7-16(21)15(20)8-14(12)19/h2-8,10H,9H2,1H3,(H,23,25). The Morgan fingerprint density at radius 2 is 1.86 bits per heavy atom. The molecule has 0 aliphatic carbocycles. The summed E-state index contributed by atoms with van der Waals surface area (Å²) in [5.74, 6) is -1.07. The number of nitrogens with one attached hydrogen (secondary N) is 1. The van der Waals surface area contributed by atoms with E-state index in [-0.39, 0.29) is 27.2 Å². The van der Waals surface area contributed by atoms with E-state index < -0.39 is 21.7 Å². The molecule has 0 spiro atoms.